The fraction of sp³-hybridized carbons (Fsp3) is 0.333. The van der Waals surface area contributed by atoms with Gasteiger partial charge in [-0.15, -0.1) is 11.3 Å². The van der Waals surface area contributed by atoms with Crippen molar-refractivity contribution in [3.05, 3.63) is 51.5 Å². The molecule has 0 aliphatic carbocycles. The fourth-order valence-corrected chi connectivity index (χ4v) is 3.06. The van der Waals surface area contributed by atoms with E-state index in [4.69, 9.17) is 10.9 Å². The van der Waals surface area contributed by atoms with Crippen molar-refractivity contribution in [3.63, 3.8) is 0 Å². The number of amidine groups is 1. The van der Waals surface area contributed by atoms with Gasteiger partial charge in [0.15, 0.2) is 5.84 Å². The van der Waals surface area contributed by atoms with Gasteiger partial charge in [-0.25, -0.2) is 0 Å². The van der Waals surface area contributed by atoms with Gasteiger partial charge in [-0.1, -0.05) is 5.16 Å². The maximum atomic E-state index is 8.67. The van der Waals surface area contributed by atoms with E-state index < -0.39 is 0 Å². The SMILES string of the molecule is Cc1ccc(CC(C)NCc2ccnc(C(N)=NO)c2)s1. The number of nitrogens with two attached hydrogens (primary N) is 1. The largest absolute Gasteiger partial charge is 0.409 e. The molecule has 21 heavy (non-hydrogen) atoms. The van der Waals surface area contributed by atoms with Crippen LogP contribution < -0.4 is 11.1 Å². The second kappa shape index (κ2) is 7.19. The van der Waals surface area contributed by atoms with Crippen molar-refractivity contribution in [3.8, 4) is 0 Å². The van der Waals surface area contributed by atoms with E-state index in [-0.39, 0.29) is 5.84 Å². The van der Waals surface area contributed by atoms with Crippen LogP contribution >= 0.6 is 11.3 Å². The van der Waals surface area contributed by atoms with Crippen molar-refractivity contribution in [2.75, 3.05) is 0 Å². The van der Waals surface area contributed by atoms with Gasteiger partial charge in [-0.2, -0.15) is 0 Å². The summed E-state index contributed by atoms with van der Waals surface area (Å²) in [5.74, 6) is 0.0268. The summed E-state index contributed by atoms with van der Waals surface area (Å²) in [5, 5.41) is 15.1. The van der Waals surface area contributed by atoms with Gasteiger partial charge in [0.05, 0.1) is 0 Å². The summed E-state index contributed by atoms with van der Waals surface area (Å²) >= 11 is 1.84. The Kier molecular flexibility index (Phi) is 5.30. The Bertz CT molecular complexity index is 624. The number of pyridine rings is 1. The fourth-order valence-electron chi connectivity index (χ4n) is 2.04. The van der Waals surface area contributed by atoms with Gasteiger partial charge in [-0.3, -0.25) is 4.98 Å². The minimum Gasteiger partial charge on any atom is -0.409 e. The molecule has 0 aromatic carbocycles. The molecule has 112 valence electrons. The molecule has 2 aromatic heterocycles. The Morgan fingerprint density at radius 3 is 2.95 bits per heavy atom. The first-order valence-electron chi connectivity index (χ1n) is 6.80. The lowest BCUT2D eigenvalue weighted by molar-refractivity contribution is 0.318. The van der Waals surface area contributed by atoms with E-state index in [0.717, 1.165) is 18.5 Å². The van der Waals surface area contributed by atoms with Crippen LogP contribution in [0.3, 0.4) is 0 Å². The highest BCUT2D eigenvalue weighted by Gasteiger charge is 2.06. The number of aromatic nitrogens is 1. The number of nitrogens with one attached hydrogen (secondary N) is 1. The molecule has 2 aromatic rings. The van der Waals surface area contributed by atoms with Crippen molar-refractivity contribution in [1.82, 2.24) is 10.3 Å². The van der Waals surface area contributed by atoms with Gasteiger partial charge in [0.1, 0.15) is 5.69 Å². The summed E-state index contributed by atoms with van der Waals surface area (Å²) in [5.41, 5.74) is 7.08. The number of thiophene rings is 1. The van der Waals surface area contributed by atoms with Gasteiger partial charge in [-0.05, 0) is 50.1 Å². The number of rotatable bonds is 6. The first-order chi connectivity index (χ1) is 10.1. The van der Waals surface area contributed by atoms with E-state index in [1.165, 1.54) is 9.75 Å². The van der Waals surface area contributed by atoms with Crippen molar-refractivity contribution in [2.24, 2.45) is 10.9 Å². The summed E-state index contributed by atoms with van der Waals surface area (Å²) in [7, 11) is 0. The molecule has 6 heteroatoms. The zero-order valence-corrected chi connectivity index (χ0v) is 13.0. The van der Waals surface area contributed by atoms with Crippen LogP contribution in [0.5, 0.6) is 0 Å². The number of oxime groups is 1. The molecule has 2 rings (SSSR count). The van der Waals surface area contributed by atoms with Crippen LogP contribution in [0.2, 0.25) is 0 Å². The minimum absolute atomic E-state index is 0.0268. The van der Waals surface area contributed by atoms with Gasteiger partial charge in [0.25, 0.3) is 0 Å². The molecule has 4 N–H and O–H groups in total. The van der Waals surface area contributed by atoms with E-state index in [1.54, 1.807) is 6.20 Å². The highest BCUT2D eigenvalue weighted by atomic mass is 32.1. The molecule has 0 spiro atoms. The maximum Gasteiger partial charge on any atom is 0.188 e. The lowest BCUT2D eigenvalue weighted by atomic mass is 10.1. The lowest BCUT2D eigenvalue weighted by Gasteiger charge is -2.13. The second-order valence-electron chi connectivity index (χ2n) is 5.03. The molecule has 0 radical (unpaired) electrons. The molecule has 0 aliphatic rings. The van der Waals surface area contributed by atoms with Gasteiger partial charge >= 0.3 is 0 Å². The Labute approximate surface area is 128 Å². The Morgan fingerprint density at radius 1 is 1.48 bits per heavy atom. The first kappa shape index (κ1) is 15.5. The van der Waals surface area contributed by atoms with Crippen LogP contribution in [0.1, 0.15) is 27.9 Å². The molecule has 2 heterocycles. The Hall–Kier alpha value is -1.92. The van der Waals surface area contributed by atoms with E-state index in [0.29, 0.717) is 11.7 Å². The van der Waals surface area contributed by atoms with E-state index in [9.17, 15) is 0 Å². The van der Waals surface area contributed by atoms with Gasteiger partial charge in [0.2, 0.25) is 0 Å². The van der Waals surface area contributed by atoms with E-state index in [2.05, 4.69) is 41.4 Å². The molecule has 0 aliphatic heterocycles. The summed E-state index contributed by atoms with van der Waals surface area (Å²) in [6, 6.07) is 8.45. The van der Waals surface area contributed by atoms with Crippen molar-refractivity contribution < 1.29 is 5.21 Å². The summed E-state index contributed by atoms with van der Waals surface area (Å²) < 4.78 is 0. The molecule has 0 saturated heterocycles. The van der Waals surface area contributed by atoms with Crippen LogP contribution in [-0.4, -0.2) is 22.1 Å². The molecule has 0 bridgehead atoms. The van der Waals surface area contributed by atoms with E-state index >= 15 is 0 Å². The molecule has 5 nitrogen and oxygen atoms in total. The standard InChI is InChI=1S/C15H20N4OS/c1-10(7-13-4-3-11(2)21-13)18-9-12-5-6-17-14(8-12)15(16)19-20/h3-6,8,10,18,20H,7,9H2,1-2H3,(H2,16,19). The third kappa shape index (κ3) is 4.54. The maximum absolute atomic E-state index is 8.67. The third-order valence-electron chi connectivity index (χ3n) is 3.15. The summed E-state index contributed by atoms with van der Waals surface area (Å²) in [6.45, 7) is 5.01. The summed E-state index contributed by atoms with van der Waals surface area (Å²) in [4.78, 5) is 6.80. The zero-order chi connectivity index (χ0) is 15.2. The quantitative estimate of drug-likeness (QED) is 0.331. The van der Waals surface area contributed by atoms with E-state index in [1.807, 2.05) is 23.5 Å². The molecular formula is C15H20N4OS. The number of nitrogens with zero attached hydrogens (tertiary/aromatic N) is 2. The topological polar surface area (TPSA) is 83.5 Å². The lowest BCUT2D eigenvalue weighted by Crippen LogP contribution is -2.27. The van der Waals surface area contributed by atoms with Gasteiger partial charge < -0.3 is 16.3 Å². The number of hydrogen-bond donors (Lipinski definition) is 3. The smallest absolute Gasteiger partial charge is 0.188 e. The van der Waals surface area contributed by atoms with Crippen molar-refractivity contribution in [1.29, 1.82) is 0 Å². The van der Waals surface area contributed by atoms with Crippen LogP contribution in [-0.2, 0) is 13.0 Å². The molecule has 1 unspecified atom stereocenters. The molecule has 1 atom stereocenters. The van der Waals surface area contributed by atoms with Crippen molar-refractivity contribution in [2.45, 2.75) is 32.9 Å². The first-order valence-corrected chi connectivity index (χ1v) is 7.61. The van der Waals surface area contributed by atoms with Crippen LogP contribution in [0.4, 0.5) is 0 Å². The Balaban J connectivity index is 1.90. The molecule has 0 amide bonds. The average molecular weight is 304 g/mol. The highest BCUT2D eigenvalue weighted by molar-refractivity contribution is 7.11. The minimum atomic E-state index is 0.0268. The average Bonchev–Trinajstić information content (AvgIpc) is 2.89. The monoisotopic (exact) mass is 304 g/mol. The normalized spacial score (nSPS) is 13.3. The Morgan fingerprint density at radius 2 is 2.29 bits per heavy atom. The molecule has 0 saturated carbocycles. The summed E-state index contributed by atoms with van der Waals surface area (Å²) in [6.07, 6.45) is 2.67. The van der Waals surface area contributed by atoms with Crippen LogP contribution in [0.25, 0.3) is 0 Å². The number of aryl methyl sites for hydroxylation is 1. The van der Waals surface area contributed by atoms with Crippen molar-refractivity contribution >= 4 is 17.2 Å². The van der Waals surface area contributed by atoms with Crippen LogP contribution in [0, 0.1) is 6.92 Å². The molecular weight excluding hydrogens is 284 g/mol. The zero-order valence-electron chi connectivity index (χ0n) is 12.2. The highest BCUT2D eigenvalue weighted by Crippen LogP contribution is 2.16. The third-order valence-corrected chi connectivity index (χ3v) is 4.18. The molecule has 0 fully saturated rings. The number of hydrogen-bond acceptors (Lipinski definition) is 5. The van der Waals surface area contributed by atoms with Gasteiger partial charge in [0, 0.05) is 28.5 Å². The van der Waals surface area contributed by atoms with Crippen LogP contribution in [0.15, 0.2) is 35.6 Å². The second-order valence-corrected chi connectivity index (χ2v) is 6.41. The predicted molar refractivity (Wildman–Crippen MR) is 85.8 cm³/mol. The predicted octanol–water partition coefficient (Wildman–Crippen LogP) is 2.27.